The Balaban J connectivity index is 1.80. The number of nitrogens with zero attached hydrogens (tertiary/aromatic N) is 2. The summed E-state index contributed by atoms with van der Waals surface area (Å²) in [6, 6.07) is 14.6. The second-order valence-electron chi connectivity index (χ2n) is 8.84. The molecule has 2 atom stereocenters. The zero-order valence-electron chi connectivity index (χ0n) is 20.3. The Bertz CT molecular complexity index is 1200. The maximum absolute atomic E-state index is 13.4. The predicted octanol–water partition coefficient (Wildman–Crippen LogP) is 3.27. The molecule has 0 aliphatic heterocycles. The van der Waals surface area contributed by atoms with Crippen LogP contribution in [0.4, 0.5) is 10.5 Å². The largest absolute Gasteiger partial charge is 0.444 e. The minimum Gasteiger partial charge on any atom is -0.444 e. The summed E-state index contributed by atoms with van der Waals surface area (Å²) in [4.78, 5) is 17.3. The summed E-state index contributed by atoms with van der Waals surface area (Å²) >= 11 is 1.36. The third kappa shape index (κ3) is 8.02. The number of rotatable bonds is 12. The zero-order chi connectivity index (χ0) is 26.1. The third-order valence-electron chi connectivity index (χ3n) is 5.35. The maximum Gasteiger partial charge on any atom is 0.407 e. The van der Waals surface area contributed by atoms with Crippen LogP contribution < -0.4 is 11.1 Å². The molecule has 0 spiro atoms. The lowest BCUT2D eigenvalue weighted by Crippen LogP contribution is -2.51. The van der Waals surface area contributed by atoms with E-state index in [2.05, 4.69) is 10.3 Å². The van der Waals surface area contributed by atoms with Crippen molar-refractivity contribution in [1.29, 1.82) is 0 Å². The molecule has 0 saturated carbocycles. The summed E-state index contributed by atoms with van der Waals surface area (Å²) in [6.07, 6.45) is -0.0293. The van der Waals surface area contributed by atoms with E-state index in [1.54, 1.807) is 23.8 Å². The van der Waals surface area contributed by atoms with E-state index < -0.39 is 28.3 Å². The summed E-state index contributed by atoms with van der Waals surface area (Å²) in [5, 5.41) is 13.9. The number of carbonyl (C=O) groups is 1. The fourth-order valence-corrected chi connectivity index (χ4v) is 5.82. The van der Waals surface area contributed by atoms with Crippen LogP contribution in [0.3, 0.4) is 0 Å². The second kappa shape index (κ2) is 12.8. The highest BCUT2D eigenvalue weighted by Crippen LogP contribution is 2.21. The first-order chi connectivity index (χ1) is 17.1. The van der Waals surface area contributed by atoms with Crippen molar-refractivity contribution in [3.63, 3.8) is 0 Å². The van der Waals surface area contributed by atoms with Gasteiger partial charge in [-0.3, -0.25) is 4.98 Å². The normalized spacial score (nSPS) is 13.5. The molecule has 9 nitrogen and oxygen atoms in total. The molecule has 0 aliphatic carbocycles. The van der Waals surface area contributed by atoms with Crippen molar-refractivity contribution in [2.24, 2.45) is 5.92 Å². The smallest absolute Gasteiger partial charge is 0.407 e. The number of ether oxygens (including phenoxy) is 1. The highest BCUT2D eigenvalue weighted by atomic mass is 32.2. The number of aromatic nitrogens is 1. The van der Waals surface area contributed by atoms with Gasteiger partial charge in [-0.2, -0.15) is 4.31 Å². The fraction of sp³-hybridized carbons (Fsp3) is 0.360. The van der Waals surface area contributed by atoms with E-state index in [1.165, 1.54) is 27.8 Å². The van der Waals surface area contributed by atoms with Gasteiger partial charge in [0, 0.05) is 25.0 Å². The Morgan fingerprint density at radius 3 is 2.56 bits per heavy atom. The van der Waals surface area contributed by atoms with Gasteiger partial charge in [-0.05, 0) is 36.1 Å². The Kier molecular flexibility index (Phi) is 9.82. The number of aliphatic hydroxyl groups excluding tert-OH is 1. The number of nitrogens with one attached hydrogen (secondary N) is 1. The molecule has 2 aromatic carbocycles. The van der Waals surface area contributed by atoms with Crippen LogP contribution in [-0.2, 0) is 27.8 Å². The first-order valence-corrected chi connectivity index (χ1v) is 13.9. The lowest BCUT2D eigenvalue weighted by Gasteiger charge is -2.30. The van der Waals surface area contributed by atoms with Crippen LogP contribution >= 0.6 is 11.3 Å². The Hall–Kier alpha value is -2.99. The molecular formula is C25H32N4O5S2. The lowest BCUT2D eigenvalue weighted by molar-refractivity contribution is 0.0876. The number of carbonyl (C=O) groups excluding carboxylic acids is 1. The van der Waals surface area contributed by atoms with Gasteiger partial charge in [0.25, 0.3) is 0 Å². The minimum absolute atomic E-state index is 0.00191. The summed E-state index contributed by atoms with van der Waals surface area (Å²) in [5.74, 6) is -0.00191. The van der Waals surface area contributed by atoms with Gasteiger partial charge in [0.15, 0.2) is 0 Å². The van der Waals surface area contributed by atoms with E-state index in [0.717, 1.165) is 10.4 Å². The van der Waals surface area contributed by atoms with E-state index in [-0.39, 0.29) is 36.9 Å². The van der Waals surface area contributed by atoms with E-state index in [9.17, 15) is 18.3 Å². The minimum atomic E-state index is -3.94. The molecule has 1 amide bonds. The number of nitrogen functional groups attached to an aromatic ring is 1. The third-order valence-corrected chi connectivity index (χ3v) is 7.93. The highest BCUT2D eigenvalue weighted by Gasteiger charge is 2.31. The Morgan fingerprint density at radius 2 is 1.92 bits per heavy atom. The molecule has 1 aromatic heterocycles. The summed E-state index contributed by atoms with van der Waals surface area (Å²) in [7, 11) is -3.94. The van der Waals surface area contributed by atoms with Gasteiger partial charge < -0.3 is 20.9 Å². The number of hydrogen-bond acceptors (Lipinski definition) is 8. The van der Waals surface area contributed by atoms with Crippen LogP contribution in [-0.4, -0.2) is 54.1 Å². The number of sulfonamides is 1. The quantitative estimate of drug-likeness (QED) is 0.305. The number of aliphatic hydroxyl groups is 1. The van der Waals surface area contributed by atoms with E-state index >= 15 is 0 Å². The number of anilines is 1. The fourth-order valence-electron chi connectivity index (χ4n) is 3.63. The average Bonchev–Trinajstić information content (AvgIpc) is 3.36. The molecule has 0 saturated heterocycles. The summed E-state index contributed by atoms with van der Waals surface area (Å²) in [6.45, 7) is 3.80. The first kappa shape index (κ1) is 27.6. The molecule has 11 heteroatoms. The van der Waals surface area contributed by atoms with Crippen molar-refractivity contribution >= 4 is 33.1 Å². The number of amides is 1. The second-order valence-corrected chi connectivity index (χ2v) is 11.7. The molecular weight excluding hydrogens is 500 g/mol. The van der Waals surface area contributed by atoms with Crippen molar-refractivity contribution < 1.29 is 23.1 Å². The van der Waals surface area contributed by atoms with Gasteiger partial charge in [-0.25, -0.2) is 13.2 Å². The van der Waals surface area contributed by atoms with Crippen LogP contribution in [0.25, 0.3) is 0 Å². The molecule has 0 radical (unpaired) electrons. The van der Waals surface area contributed by atoms with Crippen molar-refractivity contribution in [3.8, 4) is 0 Å². The number of hydrogen-bond donors (Lipinski definition) is 3. The van der Waals surface area contributed by atoms with Crippen LogP contribution in [0.5, 0.6) is 0 Å². The molecule has 194 valence electrons. The molecule has 0 fully saturated rings. The zero-order valence-corrected chi connectivity index (χ0v) is 21.9. The number of benzene rings is 2. The molecule has 0 aliphatic rings. The van der Waals surface area contributed by atoms with Crippen LogP contribution in [0, 0.1) is 5.92 Å². The van der Waals surface area contributed by atoms with Crippen LogP contribution in [0.1, 0.15) is 24.3 Å². The molecule has 3 rings (SSSR count). The van der Waals surface area contributed by atoms with Gasteiger partial charge in [0.05, 0.1) is 27.4 Å². The van der Waals surface area contributed by atoms with Crippen molar-refractivity contribution in [1.82, 2.24) is 14.6 Å². The molecule has 36 heavy (non-hydrogen) atoms. The van der Waals surface area contributed by atoms with Gasteiger partial charge in [0.1, 0.15) is 6.61 Å². The SMILES string of the molecule is CC(C)CN(C[C@@H](O)[C@H](Cc1ccccc1)NC(=O)OCc1cncs1)S(=O)(=O)c1cccc(N)c1. The van der Waals surface area contributed by atoms with Crippen LogP contribution in [0.2, 0.25) is 0 Å². The van der Waals surface area contributed by atoms with Crippen LogP contribution in [0.15, 0.2) is 71.2 Å². The topological polar surface area (TPSA) is 135 Å². The standard InChI is InChI=1S/C25H32N4O5S2/c1-18(2)14-29(36(32,33)22-10-6-9-20(26)12-22)15-24(30)23(11-19-7-4-3-5-8-19)28-25(31)34-16-21-13-27-17-35-21/h3-10,12-13,17-18,23-24,30H,11,14-16,26H2,1-2H3,(H,28,31)/t23-,24+/m0/s1. The predicted molar refractivity (Wildman–Crippen MR) is 140 cm³/mol. The van der Waals surface area contributed by atoms with E-state index in [1.807, 2.05) is 44.2 Å². The molecule has 0 bridgehead atoms. The van der Waals surface area contributed by atoms with E-state index in [4.69, 9.17) is 10.5 Å². The van der Waals surface area contributed by atoms with Crippen molar-refractivity contribution in [3.05, 3.63) is 76.7 Å². The molecule has 1 heterocycles. The highest BCUT2D eigenvalue weighted by molar-refractivity contribution is 7.89. The number of nitrogens with two attached hydrogens (primary N) is 1. The Morgan fingerprint density at radius 1 is 1.17 bits per heavy atom. The Labute approximate surface area is 216 Å². The van der Waals surface area contributed by atoms with Gasteiger partial charge in [-0.1, -0.05) is 50.2 Å². The number of thiazole rings is 1. The molecule has 0 unspecified atom stereocenters. The van der Waals surface area contributed by atoms with Gasteiger partial charge in [0.2, 0.25) is 10.0 Å². The molecule has 3 aromatic rings. The van der Waals surface area contributed by atoms with Crippen molar-refractivity contribution in [2.45, 2.75) is 43.9 Å². The maximum atomic E-state index is 13.4. The summed E-state index contributed by atoms with van der Waals surface area (Å²) in [5.41, 5.74) is 8.66. The monoisotopic (exact) mass is 532 g/mol. The average molecular weight is 533 g/mol. The lowest BCUT2D eigenvalue weighted by atomic mass is 10.0. The van der Waals surface area contributed by atoms with Gasteiger partial charge in [-0.15, -0.1) is 11.3 Å². The number of alkyl carbamates (subject to hydrolysis) is 1. The van der Waals surface area contributed by atoms with Crippen molar-refractivity contribution in [2.75, 3.05) is 18.8 Å². The molecule has 4 N–H and O–H groups in total. The summed E-state index contributed by atoms with van der Waals surface area (Å²) < 4.78 is 33.4. The van der Waals surface area contributed by atoms with E-state index in [0.29, 0.717) is 5.69 Å². The first-order valence-electron chi connectivity index (χ1n) is 11.5. The van der Waals surface area contributed by atoms with Gasteiger partial charge >= 0.3 is 6.09 Å².